The molecule has 0 amide bonds. The van der Waals surface area contributed by atoms with Gasteiger partial charge in [-0.3, -0.25) is 0 Å². The summed E-state index contributed by atoms with van der Waals surface area (Å²) in [6.45, 7) is 8.14. The SMILES string of the molecule is CCCNC(CCCCC1CCCC1)C(C)C. The van der Waals surface area contributed by atoms with E-state index in [4.69, 9.17) is 0 Å². The zero-order valence-electron chi connectivity index (χ0n) is 12.3. The molecule has 0 bridgehead atoms. The predicted molar refractivity (Wildman–Crippen MR) is 77.3 cm³/mol. The summed E-state index contributed by atoms with van der Waals surface area (Å²) in [6.07, 6.45) is 13.0. The molecule has 0 aromatic heterocycles. The summed E-state index contributed by atoms with van der Waals surface area (Å²) in [5.41, 5.74) is 0. The second kappa shape index (κ2) is 8.97. The molecule has 1 rings (SSSR count). The number of nitrogens with one attached hydrogen (secondary N) is 1. The molecular weight excluding hydrogens is 206 g/mol. The lowest BCUT2D eigenvalue weighted by atomic mass is 9.95. The summed E-state index contributed by atoms with van der Waals surface area (Å²) in [5, 5.41) is 3.70. The molecule has 1 saturated carbocycles. The van der Waals surface area contributed by atoms with Crippen LogP contribution in [0.25, 0.3) is 0 Å². The first-order chi connectivity index (χ1) is 8.24. The molecule has 1 heteroatoms. The second-order valence-electron chi connectivity index (χ2n) is 6.24. The van der Waals surface area contributed by atoms with Crippen LogP contribution in [0.5, 0.6) is 0 Å². The molecule has 0 aromatic carbocycles. The lowest BCUT2D eigenvalue weighted by molar-refractivity contribution is 0.357. The van der Waals surface area contributed by atoms with Gasteiger partial charge in [-0.25, -0.2) is 0 Å². The Labute approximate surface area is 109 Å². The molecule has 1 aliphatic carbocycles. The van der Waals surface area contributed by atoms with Crippen molar-refractivity contribution in [3.8, 4) is 0 Å². The highest BCUT2D eigenvalue weighted by Crippen LogP contribution is 2.29. The Balaban J connectivity index is 2.04. The average Bonchev–Trinajstić information content (AvgIpc) is 2.80. The van der Waals surface area contributed by atoms with Crippen molar-refractivity contribution in [2.24, 2.45) is 11.8 Å². The van der Waals surface area contributed by atoms with E-state index in [2.05, 4.69) is 26.1 Å². The molecule has 1 unspecified atom stereocenters. The smallest absolute Gasteiger partial charge is 0.00900 e. The van der Waals surface area contributed by atoms with Crippen LogP contribution < -0.4 is 5.32 Å². The van der Waals surface area contributed by atoms with Crippen LogP contribution in [0.4, 0.5) is 0 Å². The summed E-state index contributed by atoms with van der Waals surface area (Å²) in [6, 6.07) is 0.749. The third-order valence-electron chi connectivity index (χ3n) is 4.31. The maximum absolute atomic E-state index is 3.70. The highest BCUT2D eigenvalue weighted by molar-refractivity contribution is 4.72. The molecule has 1 aliphatic rings. The zero-order valence-corrected chi connectivity index (χ0v) is 12.3. The second-order valence-corrected chi connectivity index (χ2v) is 6.24. The summed E-state index contributed by atoms with van der Waals surface area (Å²) < 4.78 is 0. The maximum atomic E-state index is 3.70. The molecule has 1 fully saturated rings. The van der Waals surface area contributed by atoms with Crippen LogP contribution in [-0.2, 0) is 0 Å². The number of rotatable bonds is 9. The zero-order chi connectivity index (χ0) is 12.5. The van der Waals surface area contributed by atoms with E-state index in [0.717, 1.165) is 17.9 Å². The molecular formula is C16H33N. The molecule has 1 N–H and O–H groups in total. The van der Waals surface area contributed by atoms with E-state index < -0.39 is 0 Å². The highest BCUT2D eigenvalue weighted by atomic mass is 14.9. The van der Waals surface area contributed by atoms with Gasteiger partial charge in [0, 0.05) is 6.04 Å². The van der Waals surface area contributed by atoms with E-state index in [-0.39, 0.29) is 0 Å². The Kier molecular flexibility index (Phi) is 7.92. The summed E-state index contributed by atoms with van der Waals surface area (Å²) in [5.74, 6) is 1.86. The van der Waals surface area contributed by atoms with Gasteiger partial charge in [-0.05, 0) is 31.2 Å². The van der Waals surface area contributed by atoms with Crippen molar-refractivity contribution in [2.75, 3.05) is 6.54 Å². The molecule has 0 saturated heterocycles. The van der Waals surface area contributed by atoms with Gasteiger partial charge in [0.25, 0.3) is 0 Å². The van der Waals surface area contributed by atoms with Crippen LogP contribution in [0, 0.1) is 11.8 Å². The monoisotopic (exact) mass is 239 g/mol. The lowest BCUT2D eigenvalue weighted by Gasteiger charge is -2.22. The Morgan fingerprint density at radius 3 is 2.41 bits per heavy atom. The Bertz CT molecular complexity index is 170. The van der Waals surface area contributed by atoms with E-state index in [1.165, 1.54) is 64.3 Å². The number of unbranched alkanes of at least 4 members (excludes halogenated alkanes) is 1. The summed E-state index contributed by atoms with van der Waals surface area (Å²) >= 11 is 0. The average molecular weight is 239 g/mol. The van der Waals surface area contributed by atoms with Crippen molar-refractivity contribution in [3.63, 3.8) is 0 Å². The quantitative estimate of drug-likeness (QED) is 0.572. The minimum atomic E-state index is 0.749. The molecule has 17 heavy (non-hydrogen) atoms. The van der Waals surface area contributed by atoms with E-state index in [1.807, 2.05) is 0 Å². The third kappa shape index (κ3) is 6.45. The van der Waals surface area contributed by atoms with Crippen molar-refractivity contribution in [1.29, 1.82) is 0 Å². The van der Waals surface area contributed by atoms with Crippen LogP contribution in [0.2, 0.25) is 0 Å². The van der Waals surface area contributed by atoms with Crippen molar-refractivity contribution in [1.82, 2.24) is 5.32 Å². The predicted octanol–water partition coefficient (Wildman–Crippen LogP) is 4.76. The molecule has 1 atom stereocenters. The molecule has 0 heterocycles. The first-order valence-corrected chi connectivity index (χ1v) is 7.97. The van der Waals surface area contributed by atoms with Crippen LogP contribution in [0.1, 0.15) is 78.6 Å². The van der Waals surface area contributed by atoms with Gasteiger partial charge in [0.05, 0.1) is 0 Å². The van der Waals surface area contributed by atoms with Gasteiger partial charge in [0.2, 0.25) is 0 Å². The normalized spacial score (nSPS) is 19.1. The van der Waals surface area contributed by atoms with Gasteiger partial charge in [-0.1, -0.05) is 65.7 Å². The maximum Gasteiger partial charge on any atom is 0.00900 e. The fourth-order valence-corrected chi connectivity index (χ4v) is 3.10. The standard InChI is InChI=1S/C16H33N/c1-4-13-17-16(14(2)3)12-8-7-11-15-9-5-6-10-15/h14-17H,4-13H2,1-3H3. The van der Waals surface area contributed by atoms with Crippen LogP contribution >= 0.6 is 0 Å². The van der Waals surface area contributed by atoms with Crippen molar-refractivity contribution < 1.29 is 0 Å². The third-order valence-corrected chi connectivity index (χ3v) is 4.31. The Morgan fingerprint density at radius 2 is 1.82 bits per heavy atom. The number of hydrogen-bond donors (Lipinski definition) is 1. The molecule has 102 valence electrons. The molecule has 0 aliphatic heterocycles. The minimum absolute atomic E-state index is 0.749. The minimum Gasteiger partial charge on any atom is -0.314 e. The Morgan fingerprint density at radius 1 is 1.12 bits per heavy atom. The molecule has 0 radical (unpaired) electrons. The van der Waals surface area contributed by atoms with Crippen molar-refractivity contribution >= 4 is 0 Å². The van der Waals surface area contributed by atoms with Crippen molar-refractivity contribution in [2.45, 2.75) is 84.6 Å². The van der Waals surface area contributed by atoms with E-state index in [9.17, 15) is 0 Å². The summed E-state index contributed by atoms with van der Waals surface area (Å²) in [7, 11) is 0. The van der Waals surface area contributed by atoms with Crippen LogP contribution in [-0.4, -0.2) is 12.6 Å². The first kappa shape index (κ1) is 15.0. The van der Waals surface area contributed by atoms with Gasteiger partial charge in [0.1, 0.15) is 0 Å². The van der Waals surface area contributed by atoms with E-state index in [1.54, 1.807) is 0 Å². The van der Waals surface area contributed by atoms with Crippen LogP contribution in [0.3, 0.4) is 0 Å². The van der Waals surface area contributed by atoms with E-state index >= 15 is 0 Å². The Hall–Kier alpha value is -0.0400. The molecule has 0 spiro atoms. The first-order valence-electron chi connectivity index (χ1n) is 7.97. The van der Waals surface area contributed by atoms with Gasteiger partial charge < -0.3 is 5.32 Å². The van der Waals surface area contributed by atoms with Gasteiger partial charge in [-0.2, -0.15) is 0 Å². The van der Waals surface area contributed by atoms with Crippen molar-refractivity contribution in [3.05, 3.63) is 0 Å². The highest BCUT2D eigenvalue weighted by Gasteiger charge is 2.15. The fraction of sp³-hybridized carbons (Fsp3) is 1.00. The fourth-order valence-electron chi connectivity index (χ4n) is 3.10. The van der Waals surface area contributed by atoms with Gasteiger partial charge in [0.15, 0.2) is 0 Å². The van der Waals surface area contributed by atoms with Gasteiger partial charge >= 0.3 is 0 Å². The summed E-state index contributed by atoms with van der Waals surface area (Å²) in [4.78, 5) is 0. The molecule has 0 aromatic rings. The topological polar surface area (TPSA) is 12.0 Å². The number of hydrogen-bond acceptors (Lipinski definition) is 1. The van der Waals surface area contributed by atoms with Gasteiger partial charge in [-0.15, -0.1) is 0 Å². The van der Waals surface area contributed by atoms with E-state index in [0.29, 0.717) is 0 Å². The molecule has 1 nitrogen and oxygen atoms in total. The van der Waals surface area contributed by atoms with Crippen LogP contribution in [0.15, 0.2) is 0 Å². The largest absolute Gasteiger partial charge is 0.314 e. The lowest BCUT2D eigenvalue weighted by Crippen LogP contribution is -2.34.